The third-order valence-electron chi connectivity index (χ3n) is 7.91. The largest absolute Gasteiger partial charge is 0.493 e. The quantitative estimate of drug-likeness (QED) is 0.325. The maximum absolute atomic E-state index is 13.3. The maximum atomic E-state index is 13.3. The van der Waals surface area contributed by atoms with E-state index < -0.39 is 23.9 Å². The normalized spacial score (nSPS) is 23.3. The van der Waals surface area contributed by atoms with Crippen LogP contribution in [0.2, 0.25) is 0 Å². The van der Waals surface area contributed by atoms with Gasteiger partial charge in [0.15, 0.2) is 23.0 Å². The van der Waals surface area contributed by atoms with Crippen molar-refractivity contribution in [2.75, 3.05) is 34.7 Å². The zero-order valence-corrected chi connectivity index (χ0v) is 22.6. The van der Waals surface area contributed by atoms with Gasteiger partial charge < -0.3 is 33.2 Å². The monoisotopic (exact) mass is 546 g/mol. The highest BCUT2D eigenvalue weighted by Gasteiger charge is 2.54. The molecule has 0 unspecified atom stereocenters. The van der Waals surface area contributed by atoms with E-state index >= 15 is 0 Å². The Morgan fingerprint density at radius 2 is 1.70 bits per heavy atom. The van der Waals surface area contributed by atoms with Crippen molar-refractivity contribution < 1.29 is 42.7 Å². The third kappa shape index (κ3) is 4.46. The number of hydrogen-bond acceptors (Lipinski definition) is 9. The highest BCUT2D eigenvalue weighted by atomic mass is 16.7. The van der Waals surface area contributed by atoms with E-state index in [9.17, 15) is 9.59 Å². The number of methoxy groups -OCH3 is 3. The van der Waals surface area contributed by atoms with Crippen LogP contribution in [0.5, 0.6) is 28.7 Å². The summed E-state index contributed by atoms with van der Waals surface area (Å²) in [5, 5.41) is 0. The second kappa shape index (κ2) is 10.7. The van der Waals surface area contributed by atoms with E-state index in [1.54, 1.807) is 14.2 Å². The lowest BCUT2D eigenvalue weighted by atomic mass is 9.66. The minimum absolute atomic E-state index is 0.0885. The second-order valence-electron chi connectivity index (χ2n) is 10.0. The lowest BCUT2D eigenvalue weighted by molar-refractivity contribution is -0.154. The molecule has 0 spiro atoms. The Kier molecular flexibility index (Phi) is 6.90. The van der Waals surface area contributed by atoms with Gasteiger partial charge in [0.05, 0.1) is 33.9 Å². The Bertz CT molecular complexity index is 1420. The van der Waals surface area contributed by atoms with Crippen LogP contribution in [0, 0.1) is 11.8 Å². The Hall–Kier alpha value is -4.36. The standard InChI is InChI=1S/C31H30O9/c1-34-24-11-18(12-25(35-2)30(24)36-3)27-19-13-22-23(39-16-38-22)14-20(19)29(21-15-37-31(33)28(21)27)40-26(32)10-6-9-17-7-4-5-8-17/h4-5,7,11-14,21,27-29H,6,9-10,15-16H2,1-3H3/t21-,27+,28-,29-/m0/s1. The Labute approximate surface area is 231 Å². The number of fused-ring (bicyclic) bond motifs is 3. The molecule has 1 saturated heterocycles. The summed E-state index contributed by atoms with van der Waals surface area (Å²) >= 11 is 0. The fourth-order valence-electron chi connectivity index (χ4n) is 6.09. The van der Waals surface area contributed by atoms with Gasteiger partial charge in [-0.05, 0) is 59.9 Å². The number of benzene rings is 2. The van der Waals surface area contributed by atoms with Crippen molar-refractivity contribution in [2.45, 2.75) is 31.3 Å². The predicted molar refractivity (Wildman–Crippen MR) is 142 cm³/mol. The summed E-state index contributed by atoms with van der Waals surface area (Å²) < 4.78 is 39.8. The zero-order valence-electron chi connectivity index (χ0n) is 22.6. The summed E-state index contributed by atoms with van der Waals surface area (Å²) in [5.41, 5.74) is 6.55. The molecule has 0 N–H and O–H groups in total. The van der Waals surface area contributed by atoms with Crippen molar-refractivity contribution in [1.29, 1.82) is 0 Å². The summed E-state index contributed by atoms with van der Waals surface area (Å²) in [7, 11) is 4.63. The van der Waals surface area contributed by atoms with Crippen LogP contribution >= 0.6 is 0 Å². The van der Waals surface area contributed by atoms with Crippen LogP contribution in [0.1, 0.15) is 48.0 Å². The van der Waals surface area contributed by atoms with E-state index in [-0.39, 0.29) is 31.8 Å². The minimum atomic E-state index is -0.683. The van der Waals surface area contributed by atoms with Crippen molar-refractivity contribution in [1.82, 2.24) is 0 Å². The first-order chi connectivity index (χ1) is 19.5. The molecule has 0 radical (unpaired) electrons. The Balaban J connectivity index is 1.40. The molecule has 2 aromatic carbocycles. The molecule has 6 rings (SSSR count). The number of cyclic esters (lactones) is 1. The summed E-state index contributed by atoms with van der Waals surface area (Å²) in [6.45, 7) is 0.226. The first kappa shape index (κ1) is 25.9. The fourth-order valence-corrected chi connectivity index (χ4v) is 6.09. The smallest absolute Gasteiger partial charge is 0.310 e. The molecule has 0 amide bonds. The number of rotatable bonds is 9. The molecule has 4 aliphatic rings. The lowest BCUT2D eigenvalue weighted by Gasteiger charge is -2.38. The van der Waals surface area contributed by atoms with Crippen LogP contribution in [-0.2, 0) is 19.1 Å². The predicted octanol–water partition coefficient (Wildman–Crippen LogP) is 4.78. The van der Waals surface area contributed by atoms with Gasteiger partial charge in [0.25, 0.3) is 0 Å². The number of hydrogen-bond donors (Lipinski definition) is 0. The summed E-state index contributed by atoms with van der Waals surface area (Å²) in [5.74, 6) is 0.410. The van der Waals surface area contributed by atoms with Crippen molar-refractivity contribution >= 4 is 11.9 Å². The Morgan fingerprint density at radius 1 is 0.975 bits per heavy atom. The van der Waals surface area contributed by atoms with E-state index in [1.165, 1.54) is 7.11 Å². The number of allylic oxidation sites excluding steroid dienone is 3. The van der Waals surface area contributed by atoms with Gasteiger partial charge in [0.2, 0.25) is 12.5 Å². The van der Waals surface area contributed by atoms with Gasteiger partial charge in [0.1, 0.15) is 6.10 Å². The molecule has 0 saturated carbocycles. The molecule has 2 aliphatic heterocycles. The molecule has 4 atom stereocenters. The molecular weight excluding hydrogens is 516 g/mol. The van der Waals surface area contributed by atoms with Crippen LogP contribution in [0.3, 0.4) is 0 Å². The lowest BCUT2D eigenvalue weighted by Crippen LogP contribution is -2.36. The topological polar surface area (TPSA) is 98.8 Å². The molecule has 0 bridgehead atoms. The van der Waals surface area contributed by atoms with Gasteiger partial charge >= 0.3 is 11.9 Å². The second-order valence-corrected chi connectivity index (χ2v) is 10.0. The van der Waals surface area contributed by atoms with E-state index in [1.807, 2.05) is 42.5 Å². The van der Waals surface area contributed by atoms with Crippen LogP contribution < -0.4 is 23.7 Å². The van der Waals surface area contributed by atoms with Crippen LogP contribution in [0.25, 0.3) is 0 Å². The minimum Gasteiger partial charge on any atom is -0.493 e. The maximum Gasteiger partial charge on any atom is 0.310 e. The van der Waals surface area contributed by atoms with Crippen molar-refractivity contribution in [3.8, 4) is 28.7 Å². The van der Waals surface area contributed by atoms with E-state index in [2.05, 4.69) is 5.73 Å². The summed E-state index contributed by atoms with van der Waals surface area (Å²) in [4.78, 5) is 26.4. The molecule has 9 nitrogen and oxygen atoms in total. The molecule has 1 fully saturated rings. The summed E-state index contributed by atoms with van der Waals surface area (Å²) in [6.07, 6.45) is 6.71. The fraction of sp³-hybridized carbons (Fsp3) is 0.387. The number of carbonyl (C=O) groups excluding carboxylic acids is 2. The van der Waals surface area contributed by atoms with E-state index in [0.29, 0.717) is 35.2 Å². The average Bonchev–Trinajstić information content (AvgIpc) is 3.73. The van der Waals surface area contributed by atoms with Crippen LogP contribution in [0.4, 0.5) is 0 Å². The third-order valence-corrected chi connectivity index (χ3v) is 7.91. The highest BCUT2D eigenvalue weighted by Crippen LogP contribution is 2.56. The van der Waals surface area contributed by atoms with E-state index in [0.717, 1.165) is 28.7 Å². The van der Waals surface area contributed by atoms with Gasteiger partial charge in [-0.2, -0.15) is 0 Å². The van der Waals surface area contributed by atoms with Crippen molar-refractivity contribution in [3.05, 3.63) is 70.5 Å². The average molecular weight is 547 g/mol. The van der Waals surface area contributed by atoms with Gasteiger partial charge in [-0.1, -0.05) is 12.2 Å². The molecule has 2 heterocycles. The molecule has 40 heavy (non-hydrogen) atoms. The van der Waals surface area contributed by atoms with Crippen LogP contribution in [0.15, 0.2) is 53.8 Å². The van der Waals surface area contributed by atoms with Gasteiger partial charge in [-0.15, -0.1) is 5.73 Å². The first-order valence-electron chi connectivity index (χ1n) is 13.2. The molecule has 208 valence electrons. The van der Waals surface area contributed by atoms with Crippen molar-refractivity contribution in [2.24, 2.45) is 11.8 Å². The molecule has 0 aromatic heterocycles. The zero-order chi connectivity index (χ0) is 27.8. The highest BCUT2D eigenvalue weighted by molar-refractivity contribution is 5.79. The van der Waals surface area contributed by atoms with Gasteiger partial charge in [0, 0.05) is 23.8 Å². The van der Waals surface area contributed by atoms with Gasteiger partial charge in [-0.3, -0.25) is 9.59 Å². The Morgan fingerprint density at radius 3 is 2.35 bits per heavy atom. The van der Waals surface area contributed by atoms with Crippen molar-refractivity contribution in [3.63, 3.8) is 0 Å². The first-order valence-corrected chi connectivity index (χ1v) is 13.2. The molecule has 9 heteroatoms. The summed E-state index contributed by atoms with van der Waals surface area (Å²) in [6, 6.07) is 7.42. The number of esters is 2. The van der Waals surface area contributed by atoms with Crippen LogP contribution in [-0.4, -0.2) is 46.7 Å². The number of carbonyl (C=O) groups is 2. The molecule has 2 aliphatic carbocycles. The number of ether oxygens (including phenoxy) is 7. The molecular formula is C31H30O9. The molecule has 2 aromatic rings. The van der Waals surface area contributed by atoms with E-state index in [4.69, 9.17) is 33.2 Å². The SMILES string of the molecule is COc1cc([C@@H]2c3cc4c(cc3[C@H](OC(=O)CCCC3=C=CC=C3)[C@H]3COC(=O)[C@H]23)OCO4)cc(OC)c1OC. The van der Waals surface area contributed by atoms with Gasteiger partial charge in [-0.25, -0.2) is 0 Å².